The maximum atomic E-state index is 12.7. The number of hydrogen-bond acceptors (Lipinski definition) is 5. The molecule has 0 fully saturated rings. The Labute approximate surface area is 185 Å². The van der Waals surface area contributed by atoms with E-state index in [1.165, 1.54) is 18.2 Å². The van der Waals surface area contributed by atoms with Crippen molar-refractivity contribution in [1.29, 1.82) is 5.26 Å². The Morgan fingerprint density at radius 1 is 1.22 bits per heavy atom. The van der Waals surface area contributed by atoms with Crippen LogP contribution < -0.4 is 10.1 Å². The number of aromatic nitrogens is 1. The Kier molecular flexibility index (Phi) is 6.71. The van der Waals surface area contributed by atoms with Crippen molar-refractivity contribution in [2.24, 2.45) is 0 Å². The fraction of sp³-hybridized carbons (Fsp3) is 0.167. The molecular weight excluding hydrogens is 408 g/mol. The second-order valence-corrected chi connectivity index (χ2v) is 7.02. The normalized spacial score (nSPS) is 11.0. The van der Waals surface area contributed by atoms with Gasteiger partial charge < -0.3 is 14.6 Å². The summed E-state index contributed by atoms with van der Waals surface area (Å²) in [7, 11) is 0. The highest BCUT2D eigenvalue weighted by Gasteiger charge is 2.15. The quantitative estimate of drug-likeness (QED) is 0.247. The van der Waals surface area contributed by atoms with Gasteiger partial charge in [-0.3, -0.25) is 14.9 Å². The van der Waals surface area contributed by atoms with Crippen LogP contribution in [0.15, 0.2) is 60.2 Å². The molecule has 0 bridgehead atoms. The zero-order chi connectivity index (χ0) is 23.3. The highest BCUT2D eigenvalue weighted by molar-refractivity contribution is 6.09. The van der Waals surface area contributed by atoms with Crippen molar-refractivity contribution in [2.45, 2.75) is 20.8 Å². The van der Waals surface area contributed by atoms with E-state index in [4.69, 9.17) is 4.74 Å². The van der Waals surface area contributed by atoms with Gasteiger partial charge in [0.25, 0.3) is 11.6 Å². The molecule has 2 aromatic carbocycles. The number of non-ortho nitro benzene ring substituents is 1. The van der Waals surface area contributed by atoms with Crippen LogP contribution in [0.4, 0.5) is 11.4 Å². The number of amides is 1. The molecule has 0 spiro atoms. The number of anilines is 1. The standard InChI is InChI=1S/C24H22N4O4/c1-4-32-23-10-5-7-20(13-23)26-24(29)19(15-25)12-18-11-16(2)27(17(18)3)21-8-6-9-22(14-21)28(30)31/h5-14H,4H2,1-3H3,(H,26,29)/b19-12-. The van der Waals surface area contributed by atoms with E-state index in [0.29, 0.717) is 29.3 Å². The number of carbonyl (C=O) groups is 1. The largest absolute Gasteiger partial charge is 0.494 e. The van der Waals surface area contributed by atoms with Gasteiger partial charge >= 0.3 is 0 Å². The zero-order valence-corrected chi connectivity index (χ0v) is 18.0. The molecule has 0 aliphatic carbocycles. The number of nitro benzene ring substituents is 1. The van der Waals surface area contributed by atoms with Crippen molar-refractivity contribution in [3.8, 4) is 17.5 Å². The Balaban J connectivity index is 1.91. The number of rotatable bonds is 7. The highest BCUT2D eigenvalue weighted by Crippen LogP contribution is 2.25. The van der Waals surface area contributed by atoms with E-state index in [9.17, 15) is 20.2 Å². The van der Waals surface area contributed by atoms with Crippen molar-refractivity contribution in [3.63, 3.8) is 0 Å². The first kappa shape index (κ1) is 22.3. The molecule has 0 atom stereocenters. The second-order valence-electron chi connectivity index (χ2n) is 7.02. The van der Waals surface area contributed by atoms with Crippen molar-refractivity contribution < 1.29 is 14.5 Å². The molecule has 3 rings (SSSR count). The van der Waals surface area contributed by atoms with Gasteiger partial charge in [-0.2, -0.15) is 5.26 Å². The van der Waals surface area contributed by atoms with Gasteiger partial charge in [-0.1, -0.05) is 12.1 Å². The predicted octanol–water partition coefficient (Wildman–Crippen LogP) is 4.95. The lowest BCUT2D eigenvalue weighted by Crippen LogP contribution is -2.13. The molecule has 0 saturated carbocycles. The molecule has 1 amide bonds. The summed E-state index contributed by atoms with van der Waals surface area (Å²) in [5.41, 5.74) is 3.31. The van der Waals surface area contributed by atoms with Gasteiger partial charge in [0.15, 0.2) is 0 Å². The molecule has 1 aromatic heterocycles. The van der Waals surface area contributed by atoms with Crippen LogP contribution in [0.1, 0.15) is 23.9 Å². The first-order valence-corrected chi connectivity index (χ1v) is 9.93. The van der Waals surface area contributed by atoms with E-state index < -0.39 is 10.8 Å². The number of nitrogens with zero attached hydrogens (tertiary/aromatic N) is 3. The van der Waals surface area contributed by atoms with E-state index in [1.54, 1.807) is 36.4 Å². The summed E-state index contributed by atoms with van der Waals surface area (Å²) in [4.78, 5) is 23.4. The van der Waals surface area contributed by atoms with Crippen molar-refractivity contribution >= 4 is 23.4 Å². The molecule has 3 aromatic rings. The SMILES string of the molecule is CCOc1cccc(NC(=O)/C(C#N)=C\c2cc(C)n(-c3cccc([N+](=O)[O-])c3)c2C)c1. The van der Waals surface area contributed by atoms with Gasteiger partial charge in [0.05, 0.1) is 17.2 Å². The first-order chi connectivity index (χ1) is 15.3. The molecule has 1 N–H and O–H groups in total. The molecule has 32 heavy (non-hydrogen) atoms. The van der Waals surface area contributed by atoms with Crippen LogP contribution in [-0.2, 0) is 4.79 Å². The number of aryl methyl sites for hydroxylation is 1. The van der Waals surface area contributed by atoms with Crippen molar-refractivity contribution in [3.05, 3.63) is 87.2 Å². The summed E-state index contributed by atoms with van der Waals surface area (Å²) < 4.78 is 7.28. The molecule has 1 heterocycles. The van der Waals surface area contributed by atoms with E-state index in [1.807, 2.05) is 37.5 Å². The lowest BCUT2D eigenvalue weighted by Gasteiger charge is -2.09. The molecule has 0 unspecified atom stereocenters. The number of carbonyl (C=O) groups excluding carboxylic acids is 1. The fourth-order valence-corrected chi connectivity index (χ4v) is 3.41. The number of nitro groups is 1. The minimum absolute atomic E-state index is 0.0153. The van der Waals surface area contributed by atoms with Crippen LogP contribution in [0.3, 0.4) is 0 Å². The first-order valence-electron chi connectivity index (χ1n) is 9.93. The van der Waals surface area contributed by atoms with E-state index >= 15 is 0 Å². The van der Waals surface area contributed by atoms with Gasteiger partial charge in [-0.15, -0.1) is 0 Å². The van der Waals surface area contributed by atoms with E-state index in [-0.39, 0.29) is 11.3 Å². The second kappa shape index (κ2) is 9.62. The van der Waals surface area contributed by atoms with Crippen LogP contribution in [0.2, 0.25) is 0 Å². The maximum Gasteiger partial charge on any atom is 0.271 e. The lowest BCUT2D eigenvalue weighted by atomic mass is 10.1. The van der Waals surface area contributed by atoms with Crippen molar-refractivity contribution in [1.82, 2.24) is 4.57 Å². The molecule has 0 saturated heterocycles. The summed E-state index contributed by atoms with van der Waals surface area (Å²) in [5, 5.41) is 23.4. The summed E-state index contributed by atoms with van der Waals surface area (Å²) in [6.45, 7) is 6.05. The van der Waals surface area contributed by atoms with Crippen LogP contribution in [0, 0.1) is 35.3 Å². The maximum absolute atomic E-state index is 12.7. The monoisotopic (exact) mass is 430 g/mol. The molecule has 0 radical (unpaired) electrons. The summed E-state index contributed by atoms with van der Waals surface area (Å²) >= 11 is 0. The molecule has 8 nitrogen and oxygen atoms in total. The molecule has 162 valence electrons. The van der Waals surface area contributed by atoms with Gasteiger partial charge in [-0.25, -0.2) is 0 Å². The van der Waals surface area contributed by atoms with Crippen LogP contribution >= 0.6 is 0 Å². The summed E-state index contributed by atoms with van der Waals surface area (Å²) in [5.74, 6) is 0.0783. The Morgan fingerprint density at radius 3 is 2.66 bits per heavy atom. The smallest absolute Gasteiger partial charge is 0.271 e. The Bertz CT molecular complexity index is 1250. The van der Waals surface area contributed by atoms with Gasteiger partial charge in [-0.05, 0) is 56.7 Å². The number of hydrogen-bond donors (Lipinski definition) is 1. The van der Waals surface area contributed by atoms with Gasteiger partial charge in [0.1, 0.15) is 17.4 Å². The number of nitriles is 1. The molecule has 0 aliphatic heterocycles. The van der Waals surface area contributed by atoms with Crippen LogP contribution in [0.25, 0.3) is 11.8 Å². The Hall–Kier alpha value is -4.38. The average Bonchev–Trinajstić information content (AvgIpc) is 3.05. The molecule has 0 aliphatic rings. The number of ether oxygens (including phenoxy) is 1. The summed E-state index contributed by atoms with van der Waals surface area (Å²) in [6.07, 6.45) is 1.51. The van der Waals surface area contributed by atoms with E-state index in [2.05, 4.69) is 5.32 Å². The average molecular weight is 430 g/mol. The minimum atomic E-state index is -0.540. The minimum Gasteiger partial charge on any atom is -0.494 e. The fourth-order valence-electron chi connectivity index (χ4n) is 3.41. The van der Waals surface area contributed by atoms with Crippen LogP contribution in [-0.4, -0.2) is 22.0 Å². The third-order valence-electron chi connectivity index (χ3n) is 4.84. The molecular formula is C24H22N4O4. The zero-order valence-electron chi connectivity index (χ0n) is 18.0. The lowest BCUT2D eigenvalue weighted by molar-refractivity contribution is -0.384. The van der Waals surface area contributed by atoms with E-state index in [0.717, 1.165) is 11.4 Å². The summed E-state index contributed by atoms with van der Waals surface area (Å²) in [6, 6.07) is 17.0. The highest BCUT2D eigenvalue weighted by atomic mass is 16.6. The third kappa shape index (κ3) is 4.84. The topological polar surface area (TPSA) is 110 Å². The predicted molar refractivity (Wildman–Crippen MR) is 122 cm³/mol. The van der Waals surface area contributed by atoms with Gasteiger partial charge in [0, 0.05) is 35.3 Å². The van der Waals surface area contributed by atoms with Gasteiger partial charge in [0.2, 0.25) is 0 Å². The van der Waals surface area contributed by atoms with Crippen molar-refractivity contribution in [2.75, 3.05) is 11.9 Å². The number of nitrogens with one attached hydrogen (secondary N) is 1. The molecule has 8 heteroatoms. The van der Waals surface area contributed by atoms with Crippen LogP contribution in [0.5, 0.6) is 5.75 Å². The number of benzene rings is 2. The third-order valence-corrected chi connectivity index (χ3v) is 4.84. The Morgan fingerprint density at radius 2 is 1.97 bits per heavy atom.